The van der Waals surface area contributed by atoms with Gasteiger partial charge in [-0.25, -0.2) is 9.78 Å². The molecule has 2 aromatic heterocycles. The number of carbonyl (C=O) groups excluding carboxylic acids is 1. The van der Waals surface area contributed by atoms with Gasteiger partial charge < -0.3 is 10.1 Å². The third-order valence-electron chi connectivity index (χ3n) is 3.21. The van der Waals surface area contributed by atoms with Crippen molar-refractivity contribution >= 4 is 49.9 Å². The van der Waals surface area contributed by atoms with Crippen LogP contribution in [0.4, 0.5) is 9.80 Å². The number of ether oxygens (including phenoxy) is 1. The van der Waals surface area contributed by atoms with Crippen LogP contribution in [0, 0.1) is 6.92 Å². The number of fused-ring (bicyclic) bond motifs is 1. The summed E-state index contributed by atoms with van der Waals surface area (Å²) in [6, 6.07) is 4.06. The van der Waals surface area contributed by atoms with Crippen LogP contribution in [0.2, 0.25) is 0 Å². The molecule has 110 valence electrons. The largest absolute Gasteiger partial charge is 0.442 e. The van der Waals surface area contributed by atoms with Crippen LogP contribution < -0.4 is 10.2 Å². The van der Waals surface area contributed by atoms with E-state index in [2.05, 4.69) is 16.4 Å². The third kappa shape index (κ3) is 2.98. The fourth-order valence-corrected chi connectivity index (χ4v) is 3.30. The molecule has 1 atom stereocenters. The van der Waals surface area contributed by atoms with E-state index in [1.807, 2.05) is 26.1 Å². The first-order chi connectivity index (χ1) is 10.0. The Hall–Kier alpha value is -1.73. The molecule has 5 nitrogen and oxygen atoms in total. The fourth-order valence-electron chi connectivity index (χ4n) is 2.23. The van der Waals surface area contributed by atoms with E-state index in [1.165, 1.54) is 11.3 Å². The number of hydrogen-bond donors (Lipinski definition) is 1. The number of aryl methyl sites for hydroxylation is 1. The number of aromatic nitrogens is 1. The van der Waals surface area contributed by atoms with Gasteiger partial charge in [0.25, 0.3) is 0 Å². The Balaban J connectivity index is 1.79. The molecule has 0 unspecified atom stereocenters. The average Bonchev–Trinajstić information content (AvgIpc) is 2.99. The van der Waals surface area contributed by atoms with Crippen molar-refractivity contribution in [3.05, 3.63) is 23.9 Å². The molecule has 1 aliphatic rings. The maximum absolute atomic E-state index is 12.0. The second-order valence-electron chi connectivity index (χ2n) is 5.05. The van der Waals surface area contributed by atoms with Gasteiger partial charge in [-0.1, -0.05) is 23.6 Å². The van der Waals surface area contributed by atoms with Gasteiger partial charge in [0.1, 0.15) is 15.9 Å². The predicted octanol–water partition coefficient (Wildman–Crippen LogP) is 2.87. The zero-order valence-corrected chi connectivity index (χ0v) is 13.4. The summed E-state index contributed by atoms with van der Waals surface area (Å²) in [4.78, 5) is 19.7. The number of thiophene rings is 1. The van der Waals surface area contributed by atoms with E-state index in [0.717, 1.165) is 20.8 Å². The molecule has 0 saturated carbocycles. The number of thiocarbonyl (C=S) groups is 1. The van der Waals surface area contributed by atoms with Crippen LogP contribution in [0.25, 0.3) is 10.2 Å². The van der Waals surface area contributed by atoms with Gasteiger partial charge in [-0.2, -0.15) is 0 Å². The first kappa shape index (κ1) is 14.2. The summed E-state index contributed by atoms with van der Waals surface area (Å²) in [7, 11) is 0. The van der Waals surface area contributed by atoms with Crippen molar-refractivity contribution in [2.45, 2.75) is 20.0 Å². The summed E-state index contributed by atoms with van der Waals surface area (Å²) in [5.74, 6) is 0. The van der Waals surface area contributed by atoms with Crippen molar-refractivity contribution in [1.29, 1.82) is 0 Å². The highest BCUT2D eigenvalue weighted by Crippen LogP contribution is 2.33. The first-order valence-electron chi connectivity index (χ1n) is 6.61. The molecule has 7 heteroatoms. The molecule has 2 aromatic rings. The number of nitrogens with one attached hydrogen (secondary N) is 1. The fraction of sp³-hybridized carbons (Fsp3) is 0.357. The Kier molecular flexibility index (Phi) is 3.77. The number of hydrogen-bond acceptors (Lipinski definition) is 5. The van der Waals surface area contributed by atoms with E-state index >= 15 is 0 Å². The summed E-state index contributed by atoms with van der Waals surface area (Å²) in [6.45, 7) is 4.88. The highest BCUT2D eigenvalue weighted by atomic mass is 32.1. The van der Waals surface area contributed by atoms with Gasteiger partial charge in [-0.05, 0) is 31.5 Å². The SMILES string of the molecule is CC(=S)NC[C@H]1CN(c2cc3cc(C)cnc3s2)C(=O)O1. The summed E-state index contributed by atoms with van der Waals surface area (Å²) in [6.07, 6.45) is 1.34. The lowest BCUT2D eigenvalue weighted by atomic mass is 10.2. The van der Waals surface area contributed by atoms with Gasteiger partial charge >= 0.3 is 6.09 Å². The number of nitrogens with zero attached hydrogens (tertiary/aromatic N) is 2. The van der Waals surface area contributed by atoms with E-state index in [9.17, 15) is 4.79 Å². The minimum Gasteiger partial charge on any atom is -0.442 e. The van der Waals surface area contributed by atoms with Crippen molar-refractivity contribution in [2.24, 2.45) is 0 Å². The lowest BCUT2D eigenvalue weighted by molar-refractivity contribution is 0.143. The normalized spacial score (nSPS) is 18.1. The molecular formula is C14H15N3O2S2. The quantitative estimate of drug-likeness (QED) is 0.881. The Morgan fingerprint density at radius 1 is 1.62 bits per heavy atom. The Labute approximate surface area is 131 Å². The predicted molar refractivity (Wildman–Crippen MR) is 88.2 cm³/mol. The number of rotatable bonds is 3. The number of amides is 1. The second kappa shape index (κ2) is 5.57. The van der Waals surface area contributed by atoms with E-state index in [0.29, 0.717) is 18.1 Å². The van der Waals surface area contributed by atoms with E-state index in [4.69, 9.17) is 17.0 Å². The van der Waals surface area contributed by atoms with E-state index in [1.54, 1.807) is 4.90 Å². The maximum Gasteiger partial charge on any atom is 0.415 e. The lowest BCUT2D eigenvalue weighted by Crippen LogP contribution is -2.32. The van der Waals surface area contributed by atoms with Gasteiger partial charge in [0.2, 0.25) is 0 Å². The molecule has 1 N–H and O–H groups in total. The van der Waals surface area contributed by atoms with Crippen LogP contribution in [-0.4, -0.2) is 35.3 Å². The van der Waals surface area contributed by atoms with Crippen molar-refractivity contribution in [2.75, 3.05) is 18.0 Å². The van der Waals surface area contributed by atoms with Gasteiger partial charge in [0.15, 0.2) is 0 Å². The number of carbonyl (C=O) groups is 1. The monoisotopic (exact) mass is 321 g/mol. The second-order valence-corrected chi connectivity index (χ2v) is 6.67. The van der Waals surface area contributed by atoms with Crippen molar-refractivity contribution in [1.82, 2.24) is 10.3 Å². The van der Waals surface area contributed by atoms with Crippen molar-refractivity contribution in [3.8, 4) is 0 Å². The molecule has 0 aliphatic carbocycles. The molecule has 0 spiro atoms. The number of cyclic esters (lactones) is 1. The zero-order valence-electron chi connectivity index (χ0n) is 11.8. The summed E-state index contributed by atoms with van der Waals surface area (Å²) < 4.78 is 5.35. The van der Waals surface area contributed by atoms with Crippen LogP contribution in [0.15, 0.2) is 18.3 Å². The molecule has 1 amide bonds. The highest BCUT2D eigenvalue weighted by molar-refractivity contribution is 7.80. The number of pyridine rings is 1. The third-order valence-corrected chi connectivity index (χ3v) is 4.44. The molecule has 1 aliphatic heterocycles. The summed E-state index contributed by atoms with van der Waals surface area (Å²) in [5, 5.41) is 4.96. The molecule has 1 fully saturated rings. The van der Waals surface area contributed by atoms with Gasteiger partial charge in [0, 0.05) is 11.6 Å². The van der Waals surface area contributed by atoms with Gasteiger partial charge in [-0.3, -0.25) is 4.90 Å². The lowest BCUT2D eigenvalue weighted by Gasteiger charge is -2.10. The zero-order chi connectivity index (χ0) is 15.0. The van der Waals surface area contributed by atoms with E-state index < -0.39 is 0 Å². The topological polar surface area (TPSA) is 54.5 Å². The molecule has 21 heavy (non-hydrogen) atoms. The average molecular weight is 321 g/mol. The molecule has 0 bridgehead atoms. The molecule has 0 radical (unpaired) electrons. The van der Waals surface area contributed by atoms with Crippen LogP contribution in [-0.2, 0) is 4.74 Å². The number of anilines is 1. The Morgan fingerprint density at radius 2 is 2.43 bits per heavy atom. The molecule has 3 rings (SSSR count). The van der Waals surface area contributed by atoms with Crippen molar-refractivity contribution in [3.63, 3.8) is 0 Å². The van der Waals surface area contributed by atoms with Crippen molar-refractivity contribution < 1.29 is 9.53 Å². The maximum atomic E-state index is 12.0. The van der Waals surface area contributed by atoms with E-state index in [-0.39, 0.29) is 12.2 Å². The molecule has 1 saturated heterocycles. The van der Waals surface area contributed by atoms with Crippen LogP contribution in [0.3, 0.4) is 0 Å². The Bertz CT molecular complexity index is 713. The summed E-state index contributed by atoms with van der Waals surface area (Å²) >= 11 is 6.47. The summed E-state index contributed by atoms with van der Waals surface area (Å²) in [5.41, 5.74) is 1.11. The standard InChI is InChI=1S/C14H15N3O2S2/c1-8-3-10-4-12(21-13(10)16-5-8)17-7-11(19-14(17)18)6-15-9(2)20/h3-5,11H,6-7H2,1-2H3,(H,15,20)/t11-/m0/s1. The van der Waals surface area contributed by atoms with Crippen LogP contribution in [0.5, 0.6) is 0 Å². The minimum absolute atomic E-state index is 0.185. The highest BCUT2D eigenvalue weighted by Gasteiger charge is 2.33. The van der Waals surface area contributed by atoms with Gasteiger partial charge in [0.05, 0.1) is 18.1 Å². The molecular weight excluding hydrogens is 306 g/mol. The molecule has 0 aromatic carbocycles. The minimum atomic E-state index is -0.313. The van der Waals surface area contributed by atoms with Crippen LogP contribution >= 0.6 is 23.6 Å². The smallest absolute Gasteiger partial charge is 0.415 e. The van der Waals surface area contributed by atoms with Crippen LogP contribution in [0.1, 0.15) is 12.5 Å². The first-order valence-corrected chi connectivity index (χ1v) is 7.84. The molecule has 3 heterocycles. The Morgan fingerprint density at radius 3 is 3.19 bits per heavy atom. The van der Waals surface area contributed by atoms with Gasteiger partial charge in [-0.15, -0.1) is 0 Å².